The molecule has 0 spiro atoms. The van der Waals surface area contributed by atoms with Gasteiger partial charge >= 0.3 is 0 Å². The summed E-state index contributed by atoms with van der Waals surface area (Å²) < 4.78 is 27.0. The molecule has 2 atom stereocenters. The Labute approximate surface area is 163 Å². The van der Waals surface area contributed by atoms with Crippen molar-refractivity contribution in [2.45, 2.75) is 62.1 Å². The maximum Gasteiger partial charge on any atom is 0.269 e. The second-order valence-electron chi connectivity index (χ2n) is 7.70. The zero-order chi connectivity index (χ0) is 20.5. The number of nitro groups is 1. The van der Waals surface area contributed by atoms with E-state index in [1.54, 1.807) is 0 Å². The number of β-amino-alcohol motifs (C(OH)–C–C–N with tert-alkyl or cyclic N) is 1. The largest absolute Gasteiger partial charge is 0.392 e. The van der Waals surface area contributed by atoms with Crippen LogP contribution in [-0.4, -0.2) is 53.4 Å². The van der Waals surface area contributed by atoms with E-state index < -0.39 is 33.0 Å². The van der Waals surface area contributed by atoms with E-state index in [2.05, 4.69) is 12.2 Å². The normalized spacial score (nSPS) is 28.8. The van der Waals surface area contributed by atoms with Crippen LogP contribution in [0.25, 0.3) is 0 Å². The lowest BCUT2D eigenvalue weighted by Crippen LogP contribution is -2.49. The van der Waals surface area contributed by atoms with Gasteiger partial charge in [0, 0.05) is 31.1 Å². The topological polar surface area (TPSA) is 130 Å². The van der Waals surface area contributed by atoms with Crippen LogP contribution in [0.2, 0.25) is 0 Å². The molecule has 0 unspecified atom stereocenters. The molecule has 1 aliphatic heterocycles. The minimum absolute atomic E-state index is 0.0189. The molecule has 0 radical (unpaired) electrons. The zero-order valence-corrected chi connectivity index (χ0v) is 16.5. The average Bonchev–Trinajstić information content (AvgIpc) is 3.06. The molecule has 1 aromatic rings. The Bertz CT molecular complexity index is 833. The lowest BCUT2D eigenvalue weighted by Gasteiger charge is -2.29. The Balaban J connectivity index is 1.76. The predicted molar refractivity (Wildman–Crippen MR) is 101 cm³/mol. The molecule has 154 valence electrons. The number of aliphatic hydroxyl groups excluding tert-OH is 1. The number of nitro benzene ring substituents is 1. The van der Waals surface area contributed by atoms with Crippen LogP contribution in [0.4, 0.5) is 5.69 Å². The van der Waals surface area contributed by atoms with Gasteiger partial charge in [0.2, 0.25) is 15.9 Å². The van der Waals surface area contributed by atoms with Gasteiger partial charge in [-0.25, -0.2) is 8.42 Å². The van der Waals surface area contributed by atoms with E-state index in [9.17, 15) is 28.4 Å². The van der Waals surface area contributed by atoms with Gasteiger partial charge in [0.1, 0.15) is 6.04 Å². The van der Waals surface area contributed by atoms with Crippen LogP contribution in [0, 0.1) is 16.0 Å². The molecular formula is C18H25N3O6S. The molecule has 28 heavy (non-hydrogen) atoms. The molecular weight excluding hydrogens is 386 g/mol. The average molecular weight is 411 g/mol. The Morgan fingerprint density at radius 1 is 1.21 bits per heavy atom. The SMILES string of the molecule is CC1CCC(NC(=O)[C@@H]2C[C@H](O)CN2S(=O)(=O)c2ccc([N+](=O)[O-])cc2)CC1. The number of amides is 1. The first-order chi connectivity index (χ1) is 13.2. The molecule has 10 heteroatoms. The van der Waals surface area contributed by atoms with Gasteiger partial charge in [0.25, 0.3) is 5.69 Å². The first-order valence-corrected chi connectivity index (χ1v) is 10.9. The minimum atomic E-state index is -4.07. The van der Waals surface area contributed by atoms with E-state index in [0.29, 0.717) is 5.92 Å². The van der Waals surface area contributed by atoms with Crippen molar-refractivity contribution in [3.8, 4) is 0 Å². The van der Waals surface area contributed by atoms with Crippen molar-refractivity contribution in [1.29, 1.82) is 0 Å². The van der Waals surface area contributed by atoms with Crippen molar-refractivity contribution in [1.82, 2.24) is 9.62 Å². The zero-order valence-electron chi connectivity index (χ0n) is 15.7. The smallest absolute Gasteiger partial charge is 0.269 e. The third-order valence-corrected chi connectivity index (χ3v) is 7.44. The van der Waals surface area contributed by atoms with Crippen LogP contribution in [-0.2, 0) is 14.8 Å². The van der Waals surface area contributed by atoms with E-state index in [1.165, 1.54) is 0 Å². The summed E-state index contributed by atoms with van der Waals surface area (Å²) in [6, 6.07) is 3.54. The highest BCUT2D eigenvalue weighted by atomic mass is 32.2. The van der Waals surface area contributed by atoms with E-state index >= 15 is 0 Å². The summed E-state index contributed by atoms with van der Waals surface area (Å²) in [5, 5.41) is 23.7. The third-order valence-electron chi connectivity index (χ3n) is 5.55. The summed E-state index contributed by atoms with van der Waals surface area (Å²) >= 11 is 0. The summed E-state index contributed by atoms with van der Waals surface area (Å²) in [5.41, 5.74) is -0.221. The fraction of sp³-hybridized carbons (Fsp3) is 0.611. The van der Waals surface area contributed by atoms with Gasteiger partial charge in [0.15, 0.2) is 0 Å². The van der Waals surface area contributed by atoms with Crippen LogP contribution in [0.1, 0.15) is 39.0 Å². The molecule has 2 N–H and O–H groups in total. The lowest BCUT2D eigenvalue weighted by atomic mass is 9.87. The maximum atomic E-state index is 13.0. The standard InChI is InChI=1S/C18H25N3O6S/c1-12-2-4-13(5-3-12)19-18(23)17-10-15(22)11-20(17)28(26,27)16-8-6-14(7-9-16)21(24)25/h6-9,12-13,15,17,22H,2-5,10-11H2,1H3,(H,19,23)/t12?,13?,15-,17-/m0/s1. The van der Waals surface area contributed by atoms with Gasteiger partial charge < -0.3 is 10.4 Å². The predicted octanol–water partition coefficient (Wildman–Crippen LogP) is 1.41. The summed E-state index contributed by atoms with van der Waals surface area (Å²) in [5.74, 6) is 0.224. The first-order valence-electron chi connectivity index (χ1n) is 9.43. The molecule has 9 nitrogen and oxygen atoms in total. The van der Waals surface area contributed by atoms with Crippen LogP contribution in [0.15, 0.2) is 29.2 Å². The number of carbonyl (C=O) groups is 1. The number of nitrogens with zero attached hydrogens (tertiary/aromatic N) is 2. The molecule has 3 rings (SSSR count). The minimum Gasteiger partial charge on any atom is -0.392 e. The van der Waals surface area contributed by atoms with Crippen molar-refractivity contribution < 1.29 is 23.2 Å². The van der Waals surface area contributed by atoms with Crippen molar-refractivity contribution in [3.63, 3.8) is 0 Å². The van der Waals surface area contributed by atoms with Gasteiger partial charge in [-0.1, -0.05) is 6.92 Å². The van der Waals surface area contributed by atoms with Gasteiger partial charge in [-0.2, -0.15) is 4.31 Å². The highest BCUT2D eigenvalue weighted by Gasteiger charge is 2.44. The number of hydrogen-bond acceptors (Lipinski definition) is 6. The summed E-state index contributed by atoms with van der Waals surface area (Å²) in [4.78, 5) is 22.8. The number of rotatable bonds is 5. The third kappa shape index (κ3) is 4.34. The second kappa shape index (κ2) is 8.14. The van der Waals surface area contributed by atoms with Crippen LogP contribution in [0.3, 0.4) is 0 Å². The molecule has 2 aliphatic rings. The molecule has 1 saturated heterocycles. The van der Waals surface area contributed by atoms with E-state index in [4.69, 9.17) is 0 Å². The van der Waals surface area contributed by atoms with E-state index in [-0.39, 0.29) is 29.6 Å². The molecule has 0 aromatic heterocycles. The number of sulfonamides is 1. The molecule has 1 amide bonds. The Kier molecular flexibility index (Phi) is 6.01. The van der Waals surface area contributed by atoms with Crippen LogP contribution >= 0.6 is 0 Å². The van der Waals surface area contributed by atoms with Gasteiger partial charge in [0.05, 0.1) is 15.9 Å². The number of aliphatic hydroxyl groups is 1. The van der Waals surface area contributed by atoms with Crippen molar-refractivity contribution in [2.24, 2.45) is 5.92 Å². The number of benzene rings is 1. The summed E-state index contributed by atoms with van der Waals surface area (Å²) in [6.07, 6.45) is 2.84. The monoisotopic (exact) mass is 411 g/mol. The number of non-ortho nitro benzene ring substituents is 1. The van der Waals surface area contributed by atoms with Gasteiger partial charge in [-0.05, 0) is 43.7 Å². The van der Waals surface area contributed by atoms with E-state index in [0.717, 1.165) is 54.3 Å². The number of nitrogens with one attached hydrogen (secondary N) is 1. The second-order valence-corrected chi connectivity index (χ2v) is 9.59. The number of carbonyl (C=O) groups excluding carboxylic acids is 1. The van der Waals surface area contributed by atoms with E-state index in [1.807, 2.05) is 0 Å². The fourth-order valence-electron chi connectivity index (χ4n) is 3.87. The Morgan fingerprint density at radius 2 is 1.82 bits per heavy atom. The highest BCUT2D eigenvalue weighted by molar-refractivity contribution is 7.89. The summed E-state index contributed by atoms with van der Waals surface area (Å²) in [6.45, 7) is 1.99. The Morgan fingerprint density at radius 3 is 2.39 bits per heavy atom. The number of hydrogen-bond donors (Lipinski definition) is 2. The van der Waals surface area contributed by atoms with Gasteiger partial charge in [-0.3, -0.25) is 14.9 Å². The lowest BCUT2D eigenvalue weighted by molar-refractivity contribution is -0.384. The summed E-state index contributed by atoms with van der Waals surface area (Å²) in [7, 11) is -4.07. The van der Waals surface area contributed by atoms with Crippen molar-refractivity contribution in [2.75, 3.05) is 6.54 Å². The molecule has 1 heterocycles. The quantitative estimate of drug-likeness (QED) is 0.557. The molecule has 0 bridgehead atoms. The Hall–Kier alpha value is -2.04. The van der Waals surface area contributed by atoms with Gasteiger partial charge in [-0.15, -0.1) is 0 Å². The van der Waals surface area contributed by atoms with Crippen molar-refractivity contribution >= 4 is 21.6 Å². The first kappa shape index (κ1) is 20.7. The molecule has 1 aromatic carbocycles. The maximum absolute atomic E-state index is 13.0. The fourth-order valence-corrected chi connectivity index (χ4v) is 5.50. The highest BCUT2D eigenvalue weighted by Crippen LogP contribution is 2.29. The van der Waals surface area contributed by atoms with Crippen molar-refractivity contribution in [3.05, 3.63) is 34.4 Å². The molecule has 2 fully saturated rings. The van der Waals surface area contributed by atoms with Crippen LogP contribution in [0.5, 0.6) is 0 Å². The van der Waals surface area contributed by atoms with Crippen LogP contribution < -0.4 is 5.32 Å². The molecule has 1 aliphatic carbocycles. The molecule has 1 saturated carbocycles.